The summed E-state index contributed by atoms with van der Waals surface area (Å²) < 4.78 is 0. The van der Waals surface area contributed by atoms with Gasteiger partial charge < -0.3 is 10.1 Å². The number of imidazole rings is 1. The fourth-order valence-electron chi connectivity index (χ4n) is 2.18. The molecule has 4 nitrogen and oxygen atoms in total. The number of carboxylic acids is 1. The van der Waals surface area contributed by atoms with Crippen molar-refractivity contribution < 1.29 is 9.90 Å². The molecule has 19 heavy (non-hydrogen) atoms. The Kier molecular flexibility index (Phi) is 2.56. The Balaban J connectivity index is 2.27. The minimum absolute atomic E-state index is 0.260. The molecule has 4 heteroatoms. The summed E-state index contributed by atoms with van der Waals surface area (Å²) in [6.45, 7) is 1.78. The normalized spacial score (nSPS) is 10.8. The van der Waals surface area contributed by atoms with E-state index in [1.165, 1.54) is 0 Å². The maximum absolute atomic E-state index is 11.3. The molecule has 0 fully saturated rings. The highest BCUT2D eigenvalue weighted by molar-refractivity contribution is 6.03. The van der Waals surface area contributed by atoms with Crippen LogP contribution < -0.4 is 0 Å². The van der Waals surface area contributed by atoms with E-state index in [9.17, 15) is 9.90 Å². The lowest BCUT2D eigenvalue weighted by Crippen LogP contribution is -2.00. The van der Waals surface area contributed by atoms with Crippen molar-refractivity contribution in [3.05, 3.63) is 53.6 Å². The number of benzene rings is 2. The first-order valence-corrected chi connectivity index (χ1v) is 5.95. The third kappa shape index (κ3) is 1.87. The second kappa shape index (κ2) is 4.24. The number of nitrogens with zero attached hydrogens (tertiary/aromatic N) is 1. The van der Waals surface area contributed by atoms with E-state index in [0.29, 0.717) is 16.9 Å². The third-order valence-electron chi connectivity index (χ3n) is 3.12. The molecule has 3 aromatic rings. The average molecular weight is 252 g/mol. The molecule has 0 bridgehead atoms. The molecule has 0 aliphatic carbocycles. The van der Waals surface area contributed by atoms with E-state index in [4.69, 9.17) is 0 Å². The molecule has 2 N–H and O–H groups in total. The van der Waals surface area contributed by atoms with Gasteiger partial charge in [-0.15, -0.1) is 0 Å². The van der Waals surface area contributed by atoms with Gasteiger partial charge in [0.05, 0.1) is 11.1 Å². The first kappa shape index (κ1) is 11.5. The molecule has 0 atom stereocenters. The molecule has 1 aromatic heterocycles. The molecule has 3 rings (SSSR count). The summed E-state index contributed by atoms with van der Waals surface area (Å²) in [6.07, 6.45) is 0. The number of hydrogen-bond acceptors (Lipinski definition) is 2. The smallest absolute Gasteiger partial charge is 0.338 e. The van der Waals surface area contributed by atoms with Gasteiger partial charge in [-0.3, -0.25) is 0 Å². The second-order valence-corrected chi connectivity index (χ2v) is 4.41. The number of H-pyrrole nitrogens is 1. The van der Waals surface area contributed by atoms with E-state index in [-0.39, 0.29) is 5.56 Å². The van der Waals surface area contributed by atoms with Crippen molar-refractivity contribution in [1.82, 2.24) is 9.97 Å². The number of carbonyl (C=O) groups is 1. The number of nitrogens with one attached hydrogen (secondary N) is 1. The van der Waals surface area contributed by atoms with Crippen LogP contribution in [0.15, 0.2) is 42.5 Å². The monoisotopic (exact) mass is 252 g/mol. The maximum atomic E-state index is 11.3. The molecule has 0 saturated heterocycles. The Morgan fingerprint density at radius 2 is 1.89 bits per heavy atom. The SMILES string of the molecule is Cc1ccc2[nH]c(-c3ccccc3)nc2c1C(=O)O. The van der Waals surface area contributed by atoms with Gasteiger partial charge in [0.2, 0.25) is 0 Å². The van der Waals surface area contributed by atoms with Gasteiger partial charge in [0.15, 0.2) is 0 Å². The molecular weight excluding hydrogens is 240 g/mol. The number of hydrogen-bond donors (Lipinski definition) is 2. The van der Waals surface area contributed by atoms with Gasteiger partial charge in [-0.1, -0.05) is 36.4 Å². The van der Waals surface area contributed by atoms with Crippen molar-refractivity contribution in [1.29, 1.82) is 0 Å². The van der Waals surface area contributed by atoms with Crippen LogP contribution in [0.5, 0.6) is 0 Å². The molecule has 0 unspecified atom stereocenters. The molecule has 1 heterocycles. The van der Waals surface area contributed by atoms with Crippen LogP contribution in [0, 0.1) is 6.92 Å². The van der Waals surface area contributed by atoms with Crippen molar-refractivity contribution in [2.24, 2.45) is 0 Å². The number of aromatic amines is 1. The number of aromatic nitrogens is 2. The van der Waals surface area contributed by atoms with Gasteiger partial charge in [-0.2, -0.15) is 0 Å². The lowest BCUT2D eigenvalue weighted by atomic mass is 10.1. The fraction of sp³-hybridized carbons (Fsp3) is 0.0667. The summed E-state index contributed by atoms with van der Waals surface area (Å²) in [4.78, 5) is 18.9. The number of aryl methyl sites for hydroxylation is 1. The molecule has 0 radical (unpaired) electrons. The van der Waals surface area contributed by atoms with Crippen LogP contribution in [0.3, 0.4) is 0 Å². The standard InChI is InChI=1S/C15H12N2O2/c1-9-7-8-11-13(12(9)15(18)19)17-14(16-11)10-5-3-2-4-6-10/h2-8H,1H3,(H,16,17)(H,18,19). The highest BCUT2D eigenvalue weighted by atomic mass is 16.4. The summed E-state index contributed by atoms with van der Waals surface area (Å²) in [6, 6.07) is 13.3. The van der Waals surface area contributed by atoms with E-state index < -0.39 is 5.97 Å². The third-order valence-corrected chi connectivity index (χ3v) is 3.12. The summed E-state index contributed by atoms with van der Waals surface area (Å²) in [5, 5.41) is 9.29. The minimum Gasteiger partial charge on any atom is -0.478 e. The Hall–Kier alpha value is -2.62. The average Bonchev–Trinajstić information content (AvgIpc) is 2.83. The number of carboxylic acid groups (broad SMARTS) is 1. The summed E-state index contributed by atoms with van der Waals surface area (Å²) >= 11 is 0. The lowest BCUT2D eigenvalue weighted by molar-refractivity contribution is 0.0698. The first-order valence-electron chi connectivity index (χ1n) is 5.95. The van der Waals surface area contributed by atoms with Crippen LogP contribution in [-0.2, 0) is 0 Å². The van der Waals surface area contributed by atoms with Gasteiger partial charge in [-0.25, -0.2) is 9.78 Å². The molecule has 0 spiro atoms. The highest BCUT2D eigenvalue weighted by Gasteiger charge is 2.16. The summed E-state index contributed by atoms with van der Waals surface area (Å²) in [7, 11) is 0. The lowest BCUT2D eigenvalue weighted by Gasteiger charge is -1.99. The molecule has 94 valence electrons. The van der Waals surface area contributed by atoms with Crippen molar-refractivity contribution in [2.45, 2.75) is 6.92 Å². The van der Waals surface area contributed by atoms with Crippen LogP contribution >= 0.6 is 0 Å². The number of rotatable bonds is 2. The first-order chi connectivity index (χ1) is 9.16. The van der Waals surface area contributed by atoms with Crippen LogP contribution in [0.25, 0.3) is 22.4 Å². The predicted octanol–water partition coefficient (Wildman–Crippen LogP) is 3.24. The van der Waals surface area contributed by atoms with Crippen molar-refractivity contribution >= 4 is 17.0 Å². The predicted molar refractivity (Wildman–Crippen MR) is 73.2 cm³/mol. The van der Waals surface area contributed by atoms with Crippen LogP contribution in [-0.4, -0.2) is 21.0 Å². The molecule has 0 saturated carbocycles. The molecule has 0 amide bonds. The Morgan fingerprint density at radius 1 is 1.16 bits per heavy atom. The molecular formula is C15H12N2O2. The molecule has 0 aliphatic rings. The number of fused-ring (bicyclic) bond motifs is 1. The van der Waals surface area contributed by atoms with Gasteiger partial charge in [0.25, 0.3) is 0 Å². The zero-order valence-electron chi connectivity index (χ0n) is 10.3. The second-order valence-electron chi connectivity index (χ2n) is 4.41. The largest absolute Gasteiger partial charge is 0.478 e. The fourth-order valence-corrected chi connectivity index (χ4v) is 2.18. The van der Waals surface area contributed by atoms with Crippen molar-refractivity contribution in [3.63, 3.8) is 0 Å². The van der Waals surface area contributed by atoms with E-state index in [1.54, 1.807) is 13.0 Å². The van der Waals surface area contributed by atoms with Gasteiger partial charge in [-0.05, 0) is 18.6 Å². The Morgan fingerprint density at radius 3 is 2.58 bits per heavy atom. The van der Waals surface area contributed by atoms with Crippen LogP contribution in [0.4, 0.5) is 0 Å². The molecule has 0 aliphatic heterocycles. The van der Waals surface area contributed by atoms with Crippen LogP contribution in [0.2, 0.25) is 0 Å². The van der Waals surface area contributed by atoms with Crippen LogP contribution in [0.1, 0.15) is 15.9 Å². The van der Waals surface area contributed by atoms with E-state index >= 15 is 0 Å². The summed E-state index contributed by atoms with van der Waals surface area (Å²) in [5.74, 6) is -0.266. The Bertz CT molecular complexity index is 760. The van der Waals surface area contributed by atoms with E-state index in [1.807, 2.05) is 36.4 Å². The van der Waals surface area contributed by atoms with Crippen molar-refractivity contribution in [2.75, 3.05) is 0 Å². The Labute approximate surface area is 109 Å². The van der Waals surface area contributed by atoms with Gasteiger partial charge >= 0.3 is 5.97 Å². The summed E-state index contributed by atoms with van der Waals surface area (Å²) in [5.41, 5.74) is 3.16. The zero-order valence-corrected chi connectivity index (χ0v) is 10.3. The van der Waals surface area contributed by atoms with E-state index in [0.717, 1.165) is 11.1 Å². The zero-order chi connectivity index (χ0) is 13.4. The number of aromatic carboxylic acids is 1. The topological polar surface area (TPSA) is 66.0 Å². The van der Waals surface area contributed by atoms with Crippen molar-refractivity contribution in [3.8, 4) is 11.4 Å². The minimum atomic E-state index is -0.950. The maximum Gasteiger partial charge on any atom is 0.338 e. The molecule has 2 aromatic carbocycles. The quantitative estimate of drug-likeness (QED) is 0.735. The van der Waals surface area contributed by atoms with Gasteiger partial charge in [0.1, 0.15) is 11.3 Å². The van der Waals surface area contributed by atoms with E-state index in [2.05, 4.69) is 9.97 Å². The highest BCUT2D eigenvalue weighted by Crippen LogP contribution is 2.24. The van der Waals surface area contributed by atoms with Gasteiger partial charge in [0, 0.05) is 5.56 Å².